The van der Waals surface area contributed by atoms with Crippen LogP contribution in [-0.2, 0) is 4.74 Å². The topological polar surface area (TPSA) is 39.7 Å². The Bertz CT molecular complexity index is 446. The van der Waals surface area contributed by atoms with Gasteiger partial charge < -0.3 is 19.5 Å². The summed E-state index contributed by atoms with van der Waals surface area (Å²) in [5, 5.41) is 3.60. The first kappa shape index (κ1) is 17.8. The van der Waals surface area contributed by atoms with Gasteiger partial charge in [-0.2, -0.15) is 0 Å². The van der Waals surface area contributed by atoms with Crippen LogP contribution in [0.2, 0.25) is 0 Å². The fraction of sp³-hybridized carbons (Fsp3) is 0.647. The van der Waals surface area contributed by atoms with Gasteiger partial charge in [-0.15, -0.1) is 0 Å². The summed E-state index contributed by atoms with van der Waals surface area (Å²) in [6.07, 6.45) is 0.931. The molecule has 2 unspecified atom stereocenters. The average Bonchev–Trinajstić information content (AvgIpc) is 2.45. The maximum atomic E-state index is 5.49. The van der Waals surface area contributed by atoms with E-state index in [1.807, 2.05) is 18.2 Å². The van der Waals surface area contributed by atoms with Gasteiger partial charge >= 0.3 is 0 Å². The van der Waals surface area contributed by atoms with E-state index in [4.69, 9.17) is 14.2 Å². The second-order valence-electron chi connectivity index (χ2n) is 6.07. The molecule has 4 heteroatoms. The van der Waals surface area contributed by atoms with Crippen molar-refractivity contribution in [2.45, 2.75) is 51.8 Å². The van der Waals surface area contributed by atoms with Gasteiger partial charge in [0.05, 0.1) is 19.8 Å². The van der Waals surface area contributed by atoms with Gasteiger partial charge in [0.1, 0.15) is 11.5 Å². The van der Waals surface area contributed by atoms with Crippen LogP contribution in [-0.4, -0.2) is 33.0 Å². The average molecular weight is 295 g/mol. The van der Waals surface area contributed by atoms with Crippen molar-refractivity contribution >= 4 is 0 Å². The Morgan fingerprint density at radius 2 is 1.76 bits per heavy atom. The maximum Gasteiger partial charge on any atom is 0.123 e. The molecule has 0 fully saturated rings. The molecule has 0 bridgehead atoms. The van der Waals surface area contributed by atoms with E-state index in [1.54, 1.807) is 21.3 Å². The third-order valence-electron chi connectivity index (χ3n) is 3.79. The zero-order valence-electron chi connectivity index (χ0n) is 14.3. The summed E-state index contributed by atoms with van der Waals surface area (Å²) in [6, 6.07) is 6.36. The van der Waals surface area contributed by atoms with Gasteiger partial charge in [0, 0.05) is 24.8 Å². The second kappa shape index (κ2) is 7.66. The summed E-state index contributed by atoms with van der Waals surface area (Å²) in [5.74, 6) is 1.71. The first-order valence-electron chi connectivity index (χ1n) is 7.36. The molecule has 0 aliphatic carbocycles. The van der Waals surface area contributed by atoms with Crippen LogP contribution in [0.15, 0.2) is 18.2 Å². The number of hydrogen-bond donors (Lipinski definition) is 1. The van der Waals surface area contributed by atoms with Crippen molar-refractivity contribution in [3.8, 4) is 11.5 Å². The predicted octanol–water partition coefficient (Wildman–Crippen LogP) is 3.56. The molecule has 0 aliphatic rings. The molecule has 0 radical (unpaired) electrons. The lowest BCUT2D eigenvalue weighted by molar-refractivity contribution is 0.00781. The molecule has 0 saturated heterocycles. The molecule has 2 atom stereocenters. The molecule has 0 spiro atoms. The first-order valence-corrected chi connectivity index (χ1v) is 7.36. The molecule has 1 N–H and O–H groups in total. The van der Waals surface area contributed by atoms with E-state index < -0.39 is 0 Å². The molecule has 4 nitrogen and oxygen atoms in total. The third-order valence-corrected chi connectivity index (χ3v) is 3.79. The van der Waals surface area contributed by atoms with Crippen LogP contribution in [0.5, 0.6) is 11.5 Å². The van der Waals surface area contributed by atoms with Crippen molar-refractivity contribution in [3.05, 3.63) is 23.8 Å². The van der Waals surface area contributed by atoms with E-state index in [-0.39, 0.29) is 11.6 Å². The van der Waals surface area contributed by atoms with Crippen LogP contribution in [0.25, 0.3) is 0 Å². The van der Waals surface area contributed by atoms with Crippen molar-refractivity contribution in [2.24, 2.45) is 0 Å². The molecule has 1 aromatic rings. The van der Waals surface area contributed by atoms with Gasteiger partial charge in [-0.05, 0) is 52.3 Å². The number of benzene rings is 1. The Kier molecular flexibility index (Phi) is 6.49. The Morgan fingerprint density at radius 1 is 1.10 bits per heavy atom. The zero-order chi connectivity index (χ0) is 16.0. The quantitative estimate of drug-likeness (QED) is 0.796. The van der Waals surface area contributed by atoms with E-state index in [0.717, 1.165) is 23.5 Å². The first-order chi connectivity index (χ1) is 9.82. The van der Waals surface area contributed by atoms with Crippen molar-refractivity contribution in [1.82, 2.24) is 5.32 Å². The molecule has 1 rings (SSSR count). The molecule has 0 heterocycles. The molecule has 21 heavy (non-hydrogen) atoms. The summed E-state index contributed by atoms with van der Waals surface area (Å²) in [6.45, 7) is 8.50. The molecule has 0 aromatic heterocycles. The highest BCUT2D eigenvalue weighted by atomic mass is 16.5. The van der Waals surface area contributed by atoms with Gasteiger partial charge in [0.15, 0.2) is 0 Å². The highest BCUT2D eigenvalue weighted by Gasteiger charge is 2.22. The maximum absolute atomic E-state index is 5.49. The number of rotatable bonds is 8. The van der Waals surface area contributed by atoms with Crippen LogP contribution < -0.4 is 14.8 Å². The van der Waals surface area contributed by atoms with Crippen molar-refractivity contribution in [2.75, 3.05) is 21.3 Å². The Morgan fingerprint density at radius 3 is 2.29 bits per heavy atom. The van der Waals surface area contributed by atoms with Crippen LogP contribution in [0, 0.1) is 0 Å². The SMILES string of the molecule is COc1ccc(OC)c(C(C)NC(C)CC(C)(C)OC)c1. The Balaban J connectivity index is 2.81. The normalized spacial score (nSPS) is 14.6. The van der Waals surface area contributed by atoms with E-state index in [9.17, 15) is 0 Å². The Labute approximate surface area is 128 Å². The monoisotopic (exact) mass is 295 g/mol. The smallest absolute Gasteiger partial charge is 0.123 e. The number of ether oxygens (including phenoxy) is 3. The number of hydrogen-bond acceptors (Lipinski definition) is 4. The molecule has 1 aromatic carbocycles. The van der Waals surface area contributed by atoms with E-state index in [1.165, 1.54) is 0 Å². The Hall–Kier alpha value is -1.26. The summed E-state index contributed by atoms with van der Waals surface area (Å²) >= 11 is 0. The van der Waals surface area contributed by atoms with E-state index in [0.29, 0.717) is 6.04 Å². The van der Waals surface area contributed by atoms with Gasteiger partial charge in [-0.25, -0.2) is 0 Å². The molecule has 120 valence electrons. The molecular formula is C17H29NO3. The van der Waals surface area contributed by atoms with E-state index >= 15 is 0 Å². The van der Waals surface area contributed by atoms with Gasteiger partial charge in [-0.3, -0.25) is 0 Å². The van der Waals surface area contributed by atoms with Crippen molar-refractivity contribution < 1.29 is 14.2 Å². The lowest BCUT2D eigenvalue weighted by Gasteiger charge is -2.29. The minimum atomic E-state index is -0.134. The minimum absolute atomic E-state index is 0.134. The highest BCUT2D eigenvalue weighted by molar-refractivity contribution is 5.42. The molecule has 0 amide bonds. The van der Waals surface area contributed by atoms with Crippen molar-refractivity contribution in [3.63, 3.8) is 0 Å². The fourth-order valence-electron chi connectivity index (χ4n) is 2.57. The van der Waals surface area contributed by atoms with Crippen molar-refractivity contribution in [1.29, 1.82) is 0 Å². The zero-order valence-corrected chi connectivity index (χ0v) is 14.3. The van der Waals surface area contributed by atoms with Gasteiger partial charge in [0.25, 0.3) is 0 Å². The summed E-state index contributed by atoms with van der Waals surface area (Å²) in [5.41, 5.74) is 0.962. The van der Waals surface area contributed by atoms with Gasteiger partial charge in [0.2, 0.25) is 0 Å². The van der Waals surface area contributed by atoms with Gasteiger partial charge in [-0.1, -0.05) is 0 Å². The van der Waals surface area contributed by atoms with Crippen LogP contribution in [0.3, 0.4) is 0 Å². The lowest BCUT2D eigenvalue weighted by Crippen LogP contribution is -2.37. The second-order valence-corrected chi connectivity index (χ2v) is 6.07. The molecule has 0 saturated carbocycles. The minimum Gasteiger partial charge on any atom is -0.497 e. The molecule has 0 aliphatic heterocycles. The van der Waals surface area contributed by atoms with E-state index in [2.05, 4.69) is 33.0 Å². The molecular weight excluding hydrogens is 266 g/mol. The highest BCUT2D eigenvalue weighted by Crippen LogP contribution is 2.30. The summed E-state index contributed by atoms with van der Waals surface area (Å²) < 4.78 is 16.2. The lowest BCUT2D eigenvalue weighted by atomic mass is 9.98. The van der Waals surface area contributed by atoms with Crippen LogP contribution in [0.4, 0.5) is 0 Å². The third kappa shape index (κ3) is 5.21. The van der Waals surface area contributed by atoms with Crippen LogP contribution >= 0.6 is 0 Å². The standard InChI is InChI=1S/C17H29NO3/c1-12(11-17(3,4)21-7)18-13(2)15-10-14(19-5)8-9-16(15)20-6/h8-10,12-13,18H,11H2,1-7H3. The van der Waals surface area contributed by atoms with Crippen LogP contribution in [0.1, 0.15) is 45.7 Å². The fourth-order valence-corrected chi connectivity index (χ4v) is 2.57. The number of nitrogens with one attached hydrogen (secondary N) is 1. The predicted molar refractivity (Wildman–Crippen MR) is 86.3 cm³/mol. The number of methoxy groups -OCH3 is 3. The largest absolute Gasteiger partial charge is 0.497 e. The summed E-state index contributed by atoms with van der Waals surface area (Å²) in [7, 11) is 5.12. The summed E-state index contributed by atoms with van der Waals surface area (Å²) in [4.78, 5) is 0.